The molecule has 0 fully saturated rings. The highest BCUT2D eigenvalue weighted by Crippen LogP contribution is 2.28. The molecule has 0 aliphatic carbocycles. The van der Waals surface area contributed by atoms with Gasteiger partial charge in [-0.1, -0.05) is 15.9 Å². The molecule has 0 saturated carbocycles. The number of pyridine rings is 1. The van der Waals surface area contributed by atoms with Crippen molar-refractivity contribution in [2.45, 2.75) is 18.7 Å². The van der Waals surface area contributed by atoms with Crippen LogP contribution in [0, 0.1) is 6.92 Å². The lowest BCUT2D eigenvalue weighted by atomic mass is 10.1. The average molecular weight is 315 g/mol. The third kappa shape index (κ3) is 2.47. The fraction of sp³-hybridized carbons (Fsp3) is 0.375. The average Bonchev–Trinajstić information content (AvgIpc) is 2.01. The highest BCUT2D eigenvalue weighted by molar-refractivity contribution is 9.10. The smallest absolute Gasteiger partial charge is 0.246 e. The molecule has 1 aromatic rings. The summed E-state index contributed by atoms with van der Waals surface area (Å²) in [4.78, 5) is 3.92. The number of halogens is 4. The van der Waals surface area contributed by atoms with Crippen LogP contribution in [-0.2, 0) is 5.33 Å². The zero-order valence-electron chi connectivity index (χ0n) is 6.82. The zero-order chi connectivity index (χ0) is 10.0. The van der Waals surface area contributed by atoms with Crippen molar-refractivity contribution in [3.8, 4) is 0 Å². The lowest BCUT2D eigenvalue weighted by molar-refractivity contribution is 0.149. The summed E-state index contributed by atoms with van der Waals surface area (Å²) in [5.74, 6) is 0. The van der Waals surface area contributed by atoms with Gasteiger partial charge in [0, 0.05) is 16.6 Å². The number of alkyl halides is 3. The highest BCUT2D eigenvalue weighted by atomic mass is 79.9. The number of aryl methyl sites for hydroxylation is 1. The fourth-order valence-corrected chi connectivity index (χ4v) is 2.12. The lowest BCUT2D eigenvalue weighted by Gasteiger charge is -2.09. The Labute approximate surface area is 91.8 Å². The van der Waals surface area contributed by atoms with Gasteiger partial charge in [0.25, 0.3) is 6.43 Å². The first-order chi connectivity index (χ1) is 6.06. The Bertz CT molecular complexity index is 315. The Hall–Kier alpha value is -0.0300. The summed E-state index contributed by atoms with van der Waals surface area (Å²) >= 11 is 6.32. The molecule has 0 saturated heterocycles. The van der Waals surface area contributed by atoms with E-state index in [1.807, 2.05) is 0 Å². The molecule has 0 aliphatic rings. The predicted molar refractivity (Wildman–Crippen MR) is 54.3 cm³/mol. The number of nitrogens with zero attached hydrogens (tertiary/aromatic N) is 1. The van der Waals surface area contributed by atoms with Gasteiger partial charge in [-0.3, -0.25) is 0 Å². The monoisotopic (exact) mass is 313 g/mol. The van der Waals surface area contributed by atoms with Crippen LogP contribution < -0.4 is 0 Å². The second kappa shape index (κ2) is 4.46. The van der Waals surface area contributed by atoms with Crippen LogP contribution in [-0.4, -0.2) is 4.98 Å². The SMILES string of the molecule is Cc1nc(Br)cc(CBr)c1C(F)F. The molecule has 0 N–H and O–H groups in total. The minimum atomic E-state index is -2.46. The highest BCUT2D eigenvalue weighted by Gasteiger charge is 2.16. The zero-order valence-corrected chi connectivity index (χ0v) is 9.99. The number of hydrogen-bond donors (Lipinski definition) is 0. The van der Waals surface area contributed by atoms with Gasteiger partial charge in [-0.25, -0.2) is 13.8 Å². The van der Waals surface area contributed by atoms with Crippen LogP contribution in [0.3, 0.4) is 0 Å². The summed E-state index contributed by atoms with van der Waals surface area (Å²) in [6, 6.07) is 1.60. The Morgan fingerprint density at radius 1 is 1.54 bits per heavy atom. The van der Waals surface area contributed by atoms with E-state index >= 15 is 0 Å². The van der Waals surface area contributed by atoms with Crippen molar-refractivity contribution in [1.82, 2.24) is 4.98 Å². The van der Waals surface area contributed by atoms with Crippen molar-refractivity contribution in [3.05, 3.63) is 27.5 Å². The quantitative estimate of drug-likeness (QED) is 0.594. The first-order valence-electron chi connectivity index (χ1n) is 3.56. The van der Waals surface area contributed by atoms with Crippen molar-refractivity contribution in [2.24, 2.45) is 0 Å². The van der Waals surface area contributed by atoms with Crippen LogP contribution in [0.25, 0.3) is 0 Å². The summed E-state index contributed by atoms with van der Waals surface area (Å²) < 4.78 is 25.6. The lowest BCUT2D eigenvalue weighted by Crippen LogP contribution is -1.99. The normalized spacial score (nSPS) is 10.9. The Morgan fingerprint density at radius 3 is 2.62 bits per heavy atom. The second-order valence-electron chi connectivity index (χ2n) is 2.54. The van der Waals surface area contributed by atoms with Crippen LogP contribution in [0.4, 0.5) is 8.78 Å². The molecule has 0 amide bonds. The van der Waals surface area contributed by atoms with E-state index in [0.717, 1.165) is 0 Å². The van der Waals surface area contributed by atoms with Crippen molar-refractivity contribution in [3.63, 3.8) is 0 Å². The molecule has 0 aliphatic heterocycles. The molecule has 0 spiro atoms. The van der Waals surface area contributed by atoms with Gasteiger partial charge in [-0.15, -0.1) is 0 Å². The van der Waals surface area contributed by atoms with E-state index in [1.54, 1.807) is 13.0 Å². The van der Waals surface area contributed by atoms with Crippen LogP contribution in [0.5, 0.6) is 0 Å². The van der Waals surface area contributed by atoms with E-state index in [-0.39, 0.29) is 5.56 Å². The Kier molecular flexibility index (Phi) is 3.79. The van der Waals surface area contributed by atoms with E-state index in [2.05, 4.69) is 36.8 Å². The molecular weight excluding hydrogens is 308 g/mol. The van der Waals surface area contributed by atoms with Crippen molar-refractivity contribution in [1.29, 1.82) is 0 Å². The van der Waals surface area contributed by atoms with E-state index < -0.39 is 6.43 Å². The van der Waals surface area contributed by atoms with Gasteiger partial charge in [-0.2, -0.15) is 0 Å². The Balaban J connectivity index is 3.30. The predicted octanol–water partition coefficient (Wildman–Crippen LogP) is 3.99. The van der Waals surface area contributed by atoms with Gasteiger partial charge < -0.3 is 0 Å². The maximum atomic E-state index is 12.5. The van der Waals surface area contributed by atoms with Crippen LogP contribution in [0.2, 0.25) is 0 Å². The standard InChI is InChI=1S/C8H7Br2F2N/c1-4-7(8(11)12)5(3-9)2-6(10)13-4/h2,8H,3H2,1H3. The number of rotatable bonds is 2. The van der Waals surface area contributed by atoms with Gasteiger partial charge in [0.05, 0.1) is 0 Å². The fourth-order valence-electron chi connectivity index (χ4n) is 1.12. The summed E-state index contributed by atoms with van der Waals surface area (Å²) in [6.07, 6.45) is -2.46. The van der Waals surface area contributed by atoms with E-state index in [9.17, 15) is 8.78 Å². The Morgan fingerprint density at radius 2 is 2.15 bits per heavy atom. The van der Waals surface area contributed by atoms with Gasteiger partial charge in [0.1, 0.15) is 4.60 Å². The van der Waals surface area contributed by atoms with Crippen molar-refractivity contribution < 1.29 is 8.78 Å². The third-order valence-corrected chi connectivity index (χ3v) is 2.68. The maximum Gasteiger partial charge on any atom is 0.265 e. The van der Waals surface area contributed by atoms with Gasteiger partial charge in [-0.05, 0) is 34.5 Å². The first-order valence-corrected chi connectivity index (χ1v) is 5.47. The summed E-state index contributed by atoms with van der Waals surface area (Å²) in [7, 11) is 0. The minimum absolute atomic E-state index is 0.0278. The van der Waals surface area contributed by atoms with Crippen molar-refractivity contribution >= 4 is 31.9 Å². The molecule has 72 valence electrons. The molecule has 1 rings (SSSR count). The minimum Gasteiger partial charge on any atom is -0.246 e. The van der Waals surface area contributed by atoms with Crippen LogP contribution in [0.1, 0.15) is 23.2 Å². The molecule has 0 radical (unpaired) electrons. The number of aromatic nitrogens is 1. The van der Waals surface area contributed by atoms with Gasteiger partial charge >= 0.3 is 0 Å². The molecule has 0 bridgehead atoms. The molecule has 1 heterocycles. The molecule has 1 nitrogen and oxygen atoms in total. The summed E-state index contributed by atoms with van der Waals surface area (Å²) in [6.45, 7) is 1.58. The van der Waals surface area contributed by atoms with Crippen molar-refractivity contribution in [2.75, 3.05) is 0 Å². The number of hydrogen-bond acceptors (Lipinski definition) is 1. The molecule has 0 unspecified atom stereocenters. The van der Waals surface area contributed by atoms with Crippen LogP contribution >= 0.6 is 31.9 Å². The maximum absolute atomic E-state index is 12.5. The second-order valence-corrected chi connectivity index (χ2v) is 3.91. The molecule has 0 atom stereocenters. The van der Waals surface area contributed by atoms with Gasteiger partial charge in [0.2, 0.25) is 0 Å². The summed E-state index contributed by atoms with van der Waals surface area (Å²) in [5.41, 5.74) is 0.980. The van der Waals surface area contributed by atoms with E-state index in [4.69, 9.17) is 0 Å². The topological polar surface area (TPSA) is 12.9 Å². The summed E-state index contributed by atoms with van der Waals surface area (Å²) in [5, 5.41) is 0.411. The van der Waals surface area contributed by atoms with Gasteiger partial charge in [0.15, 0.2) is 0 Å². The first kappa shape index (κ1) is 11.0. The molecule has 1 aromatic heterocycles. The van der Waals surface area contributed by atoms with E-state index in [0.29, 0.717) is 21.2 Å². The third-order valence-electron chi connectivity index (χ3n) is 1.67. The molecule has 5 heteroatoms. The largest absolute Gasteiger partial charge is 0.265 e. The molecular formula is C8H7Br2F2N. The van der Waals surface area contributed by atoms with Crippen LogP contribution in [0.15, 0.2) is 10.7 Å². The van der Waals surface area contributed by atoms with E-state index in [1.165, 1.54) is 0 Å². The molecule has 13 heavy (non-hydrogen) atoms. The molecule has 0 aromatic carbocycles.